The Hall–Kier alpha value is -1.89. The third-order valence-corrected chi connectivity index (χ3v) is 13.5. The summed E-state index contributed by atoms with van der Waals surface area (Å²) in [4.78, 5) is 13.1. The number of amides is 1. The summed E-state index contributed by atoms with van der Waals surface area (Å²) < 4.78 is 11.2. The first-order chi connectivity index (χ1) is 33.3. The first-order valence-corrected chi connectivity index (χ1v) is 28.5. The molecule has 0 aromatic carbocycles. The SMILES string of the molecule is CCCCCCCCC/C=C/CC/C=C/C(O)C(COC1OC(CO)C(O)C(O)C1O)NC(=O)C(O)CCCCCCCCCCCCCCCC/C=C\C/C=C\CCCCCCCCCCC. The van der Waals surface area contributed by atoms with Crippen LogP contribution in [0.1, 0.15) is 251 Å². The van der Waals surface area contributed by atoms with E-state index in [-0.39, 0.29) is 6.61 Å². The molecule has 0 radical (unpaired) electrons. The Morgan fingerprint density at radius 2 is 0.912 bits per heavy atom. The van der Waals surface area contributed by atoms with Crippen LogP contribution in [0, 0.1) is 0 Å². The Morgan fingerprint density at radius 3 is 1.37 bits per heavy atom. The van der Waals surface area contributed by atoms with Gasteiger partial charge in [0.05, 0.1) is 25.4 Å². The molecule has 8 atom stereocenters. The van der Waals surface area contributed by atoms with Crippen molar-refractivity contribution in [3.8, 4) is 0 Å². The van der Waals surface area contributed by atoms with Crippen molar-refractivity contribution in [1.82, 2.24) is 5.32 Å². The van der Waals surface area contributed by atoms with Crippen molar-refractivity contribution in [2.45, 2.75) is 300 Å². The molecule has 7 N–H and O–H groups in total. The maximum absolute atomic E-state index is 13.1. The first-order valence-electron chi connectivity index (χ1n) is 28.5. The average molecular weight is 962 g/mol. The predicted molar refractivity (Wildman–Crippen MR) is 282 cm³/mol. The normalized spacial score (nSPS) is 20.4. The van der Waals surface area contributed by atoms with E-state index in [1.165, 1.54) is 180 Å². The van der Waals surface area contributed by atoms with Gasteiger partial charge in [0.1, 0.15) is 30.5 Å². The number of aliphatic hydroxyl groups is 6. The van der Waals surface area contributed by atoms with Gasteiger partial charge in [-0.2, -0.15) is 0 Å². The lowest BCUT2D eigenvalue weighted by Crippen LogP contribution is -2.60. The van der Waals surface area contributed by atoms with Crippen molar-refractivity contribution in [3.63, 3.8) is 0 Å². The lowest BCUT2D eigenvalue weighted by atomic mass is 9.99. The largest absolute Gasteiger partial charge is 0.394 e. The summed E-state index contributed by atoms with van der Waals surface area (Å²) >= 11 is 0. The molecule has 1 saturated heterocycles. The van der Waals surface area contributed by atoms with Gasteiger partial charge in [0.25, 0.3) is 0 Å². The van der Waals surface area contributed by atoms with Crippen molar-refractivity contribution in [2.24, 2.45) is 0 Å². The minimum absolute atomic E-state index is 0.303. The van der Waals surface area contributed by atoms with Gasteiger partial charge < -0.3 is 45.4 Å². The van der Waals surface area contributed by atoms with Crippen LogP contribution >= 0.6 is 0 Å². The molecule has 0 aromatic heterocycles. The van der Waals surface area contributed by atoms with Gasteiger partial charge >= 0.3 is 0 Å². The predicted octanol–water partition coefficient (Wildman–Crippen LogP) is 12.7. The van der Waals surface area contributed by atoms with E-state index in [0.29, 0.717) is 19.3 Å². The Kier molecular flexibility index (Phi) is 44.7. The van der Waals surface area contributed by atoms with E-state index in [1.54, 1.807) is 6.08 Å². The summed E-state index contributed by atoms with van der Waals surface area (Å²) in [6.07, 6.45) is 52.3. The maximum atomic E-state index is 13.1. The summed E-state index contributed by atoms with van der Waals surface area (Å²) in [7, 11) is 0. The van der Waals surface area contributed by atoms with E-state index in [0.717, 1.165) is 38.5 Å². The zero-order chi connectivity index (χ0) is 49.6. The van der Waals surface area contributed by atoms with Crippen LogP contribution in [0.3, 0.4) is 0 Å². The second-order valence-electron chi connectivity index (χ2n) is 19.9. The van der Waals surface area contributed by atoms with E-state index in [2.05, 4.69) is 55.6 Å². The fraction of sp³-hybridized carbons (Fsp3) is 0.845. The van der Waals surface area contributed by atoms with Crippen LogP contribution in [0.5, 0.6) is 0 Å². The number of aliphatic hydroxyl groups excluding tert-OH is 6. The lowest BCUT2D eigenvalue weighted by molar-refractivity contribution is -0.302. The highest BCUT2D eigenvalue weighted by Crippen LogP contribution is 2.23. The highest BCUT2D eigenvalue weighted by Gasteiger charge is 2.44. The molecule has 10 heteroatoms. The van der Waals surface area contributed by atoms with E-state index in [4.69, 9.17) is 9.47 Å². The fourth-order valence-electron chi connectivity index (χ4n) is 8.86. The summed E-state index contributed by atoms with van der Waals surface area (Å²) in [5.74, 6) is -0.626. The van der Waals surface area contributed by atoms with Crippen LogP contribution in [0.15, 0.2) is 48.6 Å². The van der Waals surface area contributed by atoms with Gasteiger partial charge in [0, 0.05) is 0 Å². The Balaban J connectivity index is 2.21. The van der Waals surface area contributed by atoms with Crippen molar-refractivity contribution < 1.29 is 44.9 Å². The van der Waals surface area contributed by atoms with E-state index < -0.39 is 61.5 Å². The van der Waals surface area contributed by atoms with Gasteiger partial charge in [-0.3, -0.25) is 4.79 Å². The molecule has 8 unspecified atom stereocenters. The summed E-state index contributed by atoms with van der Waals surface area (Å²) in [6, 6.07) is -0.997. The topological polar surface area (TPSA) is 169 Å². The molecule has 398 valence electrons. The zero-order valence-electron chi connectivity index (χ0n) is 43.7. The molecule has 10 nitrogen and oxygen atoms in total. The smallest absolute Gasteiger partial charge is 0.249 e. The van der Waals surface area contributed by atoms with Crippen LogP contribution < -0.4 is 5.32 Å². The summed E-state index contributed by atoms with van der Waals surface area (Å²) in [5, 5.41) is 64.9. The van der Waals surface area contributed by atoms with Crippen LogP contribution in [-0.4, -0.2) is 98.7 Å². The second kappa shape index (κ2) is 47.4. The minimum Gasteiger partial charge on any atom is -0.394 e. The minimum atomic E-state index is -1.62. The molecule has 1 aliphatic rings. The monoisotopic (exact) mass is 962 g/mol. The molecule has 1 amide bonds. The summed E-state index contributed by atoms with van der Waals surface area (Å²) in [5.41, 5.74) is 0. The van der Waals surface area contributed by atoms with Gasteiger partial charge in [0.15, 0.2) is 6.29 Å². The van der Waals surface area contributed by atoms with Gasteiger partial charge in [0.2, 0.25) is 5.91 Å². The van der Waals surface area contributed by atoms with Gasteiger partial charge in [-0.05, 0) is 64.2 Å². The van der Waals surface area contributed by atoms with Crippen molar-refractivity contribution in [2.75, 3.05) is 13.2 Å². The Labute approximate surface area is 416 Å². The number of hydrogen-bond acceptors (Lipinski definition) is 9. The highest BCUT2D eigenvalue weighted by molar-refractivity contribution is 5.80. The molecule has 68 heavy (non-hydrogen) atoms. The number of hydrogen-bond donors (Lipinski definition) is 7. The third kappa shape index (κ3) is 36.1. The number of rotatable bonds is 48. The quantitative estimate of drug-likeness (QED) is 0.0232. The van der Waals surface area contributed by atoms with E-state index >= 15 is 0 Å². The molecule has 0 aromatic rings. The second-order valence-corrected chi connectivity index (χ2v) is 19.9. The van der Waals surface area contributed by atoms with E-state index in [9.17, 15) is 35.4 Å². The molecule has 0 aliphatic carbocycles. The van der Waals surface area contributed by atoms with Gasteiger partial charge in [-0.25, -0.2) is 0 Å². The highest BCUT2D eigenvalue weighted by atomic mass is 16.7. The van der Waals surface area contributed by atoms with Crippen LogP contribution in [0.25, 0.3) is 0 Å². The van der Waals surface area contributed by atoms with Crippen molar-refractivity contribution >= 4 is 5.91 Å². The molecule has 1 aliphatic heterocycles. The van der Waals surface area contributed by atoms with E-state index in [1.807, 2.05) is 6.08 Å². The number of ether oxygens (including phenoxy) is 2. The Morgan fingerprint density at radius 1 is 0.515 bits per heavy atom. The molecule has 1 fully saturated rings. The molecule has 0 bridgehead atoms. The fourth-order valence-corrected chi connectivity index (χ4v) is 8.86. The van der Waals surface area contributed by atoms with Gasteiger partial charge in [-0.1, -0.05) is 236 Å². The number of nitrogens with one attached hydrogen (secondary N) is 1. The van der Waals surface area contributed by atoms with Crippen molar-refractivity contribution in [1.29, 1.82) is 0 Å². The number of unbranched alkanes of at least 4 members (excludes halogenated alkanes) is 31. The van der Waals surface area contributed by atoms with Crippen LogP contribution in [0.2, 0.25) is 0 Å². The molecule has 1 heterocycles. The molecule has 0 saturated carbocycles. The average Bonchev–Trinajstić information content (AvgIpc) is 3.34. The zero-order valence-corrected chi connectivity index (χ0v) is 43.7. The van der Waals surface area contributed by atoms with Crippen molar-refractivity contribution in [3.05, 3.63) is 48.6 Å². The number of carbonyl (C=O) groups is 1. The lowest BCUT2D eigenvalue weighted by Gasteiger charge is -2.40. The molecular weight excluding hydrogens is 855 g/mol. The summed E-state index contributed by atoms with van der Waals surface area (Å²) in [6.45, 7) is 3.59. The standard InChI is InChI=1S/C58H107NO9/c1-3-5-7-9-11-13-15-17-18-19-20-21-22-23-24-25-26-27-28-29-30-31-32-33-35-37-39-41-43-45-47-52(62)57(66)59-50(49-67-58-56(65)55(64)54(63)53(48-60)68-58)51(61)46-44-42-40-38-36-34-16-14-12-10-8-6-4-2/h20-21,23-24,36,38,44,46,50-56,58,60-65H,3-19,22,25-35,37,39-43,45,47-49H2,1-2H3,(H,59,66)/b21-20-,24-23-,38-36+,46-44+. The molecular formula is C58H107NO9. The third-order valence-electron chi connectivity index (χ3n) is 13.5. The number of allylic oxidation sites excluding steroid dienone is 7. The maximum Gasteiger partial charge on any atom is 0.249 e. The molecule has 0 spiro atoms. The number of carbonyl (C=O) groups excluding carboxylic acids is 1. The molecule has 1 rings (SSSR count). The van der Waals surface area contributed by atoms with Crippen LogP contribution in [-0.2, 0) is 14.3 Å². The van der Waals surface area contributed by atoms with Gasteiger partial charge in [-0.15, -0.1) is 0 Å². The Bertz CT molecular complexity index is 1220. The van der Waals surface area contributed by atoms with Crippen LogP contribution in [0.4, 0.5) is 0 Å². The first kappa shape index (κ1) is 64.1.